The number of rotatable bonds is 3. The van der Waals surface area contributed by atoms with Gasteiger partial charge in [0.1, 0.15) is 0 Å². The highest BCUT2D eigenvalue weighted by molar-refractivity contribution is 5.85. The SMILES string of the molecule is CC1CN(C(=O)CCc2ccccc2N)CCCO1.Cl. The van der Waals surface area contributed by atoms with Crippen LogP contribution < -0.4 is 5.73 Å². The third kappa shape index (κ3) is 4.69. The molecule has 1 atom stereocenters. The number of hydrogen-bond donors (Lipinski definition) is 1. The first-order valence-corrected chi connectivity index (χ1v) is 6.89. The highest BCUT2D eigenvalue weighted by Gasteiger charge is 2.19. The van der Waals surface area contributed by atoms with E-state index >= 15 is 0 Å². The van der Waals surface area contributed by atoms with Gasteiger partial charge in [0.15, 0.2) is 0 Å². The van der Waals surface area contributed by atoms with Crippen molar-refractivity contribution in [1.29, 1.82) is 0 Å². The maximum atomic E-state index is 12.2. The van der Waals surface area contributed by atoms with Crippen LogP contribution in [0.25, 0.3) is 0 Å². The van der Waals surface area contributed by atoms with Gasteiger partial charge < -0.3 is 15.4 Å². The minimum atomic E-state index is 0. The molecule has 0 aliphatic carbocycles. The Hall–Kier alpha value is -1.26. The Morgan fingerprint density at radius 1 is 1.45 bits per heavy atom. The first-order chi connectivity index (χ1) is 9.16. The van der Waals surface area contributed by atoms with Crippen LogP contribution in [0.3, 0.4) is 0 Å². The molecule has 2 N–H and O–H groups in total. The van der Waals surface area contributed by atoms with E-state index in [4.69, 9.17) is 10.5 Å². The van der Waals surface area contributed by atoms with Crippen molar-refractivity contribution in [2.75, 3.05) is 25.4 Å². The quantitative estimate of drug-likeness (QED) is 0.871. The van der Waals surface area contributed by atoms with Crippen molar-refractivity contribution in [3.05, 3.63) is 29.8 Å². The van der Waals surface area contributed by atoms with Crippen molar-refractivity contribution >= 4 is 24.0 Å². The zero-order chi connectivity index (χ0) is 13.7. The summed E-state index contributed by atoms with van der Waals surface area (Å²) in [5.41, 5.74) is 7.70. The molecule has 1 amide bonds. The number of ether oxygens (including phenoxy) is 1. The maximum Gasteiger partial charge on any atom is 0.222 e. The van der Waals surface area contributed by atoms with E-state index < -0.39 is 0 Å². The summed E-state index contributed by atoms with van der Waals surface area (Å²) in [6.07, 6.45) is 2.27. The average Bonchev–Trinajstić information content (AvgIpc) is 2.62. The number of amides is 1. The monoisotopic (exact) mass is 298 g/mol. The normalized spacial score (nSPS) is 19.1. The van der Waals surface area contributed by atoms with Gasteiger partial charge in [-0.2, -0.15) is 0 Å². The lowest BCUT2D eigenvalue weighted by Gasteiger charge is -2.22. The summed E-state index contributed by atoms with van der Waals surface area (Å²) in [5, 5.41) is 0. The Balaban J connectivity index is 0.00000200. The number of nitrogens with zero attached hydrogens (tertiary/aromatic N) is 1. The number of halogens is 1. The van der Waals surface area contributed by atoms with Crippen LogP contribution in [0.1, 0.15) is 25.3 Å². The molecule has 0 bridgehead atoms. The van der Waals surface area contributed by atoms with E-state index in [0.29, 0.717) is 19.4 Å². The van der Waals surface area contributed by atoms with Gasteiger partial charge in [-0.25, -0.2) is 0 Å². The summed E-state index contributed by atoms with van der Waals surface area (Å²) in [7, 11) is 0. The molecule has 1 fully saturated rings. The molecule has 1 aromatic rings. The molecule has 1 aromatic carbocycles. The molecular formula is C15H23ClN2O2. The Morgan fingerprint density at radius 3 is 2.95 bits per heavy atom. The molecule has 1 heterocycles. The second-order valence-electron chi connectivity index (χ2n) is 5.07. The largest absolute Gasteiger partial charge is 0.399 e. The summed E-state index contributed by atoms with van der Waals surface area (Å²) in [6.45, 7) is 4.26. The third-order valence-corrected chi connectivity index (χ3v) is 3.47. The van der Waals surface area contributed by atoms with E-state index in [1.165, 1.54) is 0 Å². The second-order valence-corrected chi connectivity index (χ2v) is 5.07. The lowest BCUT2D eigenvalue weighted by molar-refractivity contribution is -0.131. The van der Waals surface area contributed by atoms with E-state index in [0.717, 1.165) is 30.8 Å². The van der Waals surface area contributed by atoms with Crippen molar-refractivity contribution in [3.8, 4) is 0 Å². The Bertz CT molecular complexity index is 440. The van der Waals surface area contributed by atoms with Gasteiger partial charge in [-0.15, -0.1) is 12.4 Å². The number of nitrogen functional groups attached to an aromatic ring is 1. The van der Waals surface area contributed by atoms with Gasteiger partial charge in [-0.1, -0.05) is 18.2 Å². The molecule has 1 aliphatic rings. The molecule has 1 saturated heterocycles. The first kappa shape index (κ1) is 16.8. The molecule has 1 unspecified atom stereocenters. The Kier molecular flexibility index (Phi) is 6.82. The molecular weight excluding hydrogens is 276 g/mol. The summed E-state index contributed by atoms with van der Waals surface area (Å²) in [6, 6.07) is 7.73. The van der Waals surface area contributed by atoms with E-state index in [9.17, 15) is 4.79 Å². The summed E-state index contributed by atoms with van der Waals surface area (Å²) in [4.78, 5) is 14.1. The topological polar surface area (TPSA) is 55.6 Å². The Labute approximate surface area is 126 Å². The standard InChI is InChI=1S/C15H22N2O2.ClH/c1-12-11-17(9-4-10-19-12)15(18)8-7-13-5-2-3-6-14(13)16;/h2-3,5-6,12H,4,7-11,16H2,1H3;1H. The van der Waals surface area contributed by atoms with Crippen molar-refractivity contribution < 1.29 is 9.53 Å². The van der Waals surface area contributed by atoms with Crippen LogP contribution in [-0.4, -0.2) is 36.6 Å². The number of carbonyl (C=O) groups excluding carboxylic acids is 1. The predicted octanol–water partition coefficient (Wildman–Crippen LogP) is 2.26. The fourth-order valence-electron chi connectivity index (χ4n) is 2.38. The highest BCUT2D eigenvalue weighted by Crippen LogP contribution is 2.14. The van der Waals surface area contributed by atoms with Crippen LogP contribution in [0.15, 0.2) is 24.3 Å². The van der Waals surface area contributed by atoms with E-state index in [1.54, 1.807) is 0 Å². The minimum Gasteiger partial charge on any atom is -0.399 e. The van der Waals surface area contributed by atoms with Gasteiger partial charge in [-0.3, -0.25) is 4.79 Å². The van der Waals surface area contributed by atoms with Crippen molar-refractivity contribution in [3.63, 3.8) is 0 Å². The van der Waals surface area contributed by atoms with E-state index in [1.807, 2.05) is 36.1 Å². The minimum absolute atomic E-state index is 0. The van der Waals surface area contributed by atoms with Crippen LogP contribution in [0, 0.1) is 0 Å². The fraction of sp³-hybridized carbons (Fsp3) is 0.533. The number of anilines is 1. The molecule has 5 heteroatoms. The zero-order valence-corrected chi connectivity index (χ0v) is 12.7. The van der Waals surface area contributed by atoms with Crippen LogP contribution in [0.2, 0.25) is 0 Å². The van der Waals surface area contributed by atoms with Crippen LogP contribution in [-0.2, 0) is 16.0 Å². The van der Waals surface area contributed by atoms with Gasteiger partial charge in [0.2, 0.25) is 5.91 Å². The third-order valence-electron chi connectivity index (χ3n) is 3.47. The number of para-hydroxylation sites is 1. The maximum absolute atomic E-state index is 12.2. The van der Waals surface area contributed by atoms with Gasteiger partial charge in [0, 0.05) is 31.8 Å². The summed E-state index contributed by atoms with van der Waals surface area (Å²) >= 11 is 0. The predicted molar refractivity (Wildman–Crippen MR) is 83.0 cm³/mol. The molecule has 20 heavy (non-hydrogen) atoms. The lowest BCUT2D eigenvalue weighted by atomic mass is 10.1. The number of hydrogen-bond acceptors (Lipinski definition) is 3. The van der Waals surface area contributed by atoms with Crippen molar-refractivity contribution in [1.82, 2.24) is 4.90 Å². The number of benzene rings is 1. The van der Waals surface area contributed by atoms with Crippen molar-refractivity contribution in [2.24, 2.45) is 0 Å². The molecule has 0 saturated carbocycles. The highest BCUT2D eigenvalue weighted by atomic mass is 35.5. The molecule has 4 nitrogen and oxygen atoms in total. The number of nitrogens with two attached hydrogens (primary N) is 1. The molecule has 0 radical (unpaired) electrons. The molecule has 0 aromatic heterocycles. The van der Waals surface area contributed by atoms with Crippen molar-refractivity contribution in [2.45, 2.75) is 32.3 Å². The fourth-order valence-corrected chi connectivity index (χ4v) is 2.38. The molecule has 112 valence electrons. The van der Waals surface area contributed by atoms with Gasteiger partial charge >= 0.3 is 0 Å². The second kappa shape index (κ2) is 8.12. The van der Waals surface area contributed by atoms with Gasteiger partial charge in [-0.05, 0) is 31.4 Å². The molecule has 2 rings (SSSR count). The first-order valence-electron chi connectivity index (χ1n) is 6.89. The number of aryl methyl sites for hydroxylation is 1. The lowest BCUT2D eigenvalue weighted by Crippen LogP contribution is -2.36. The van der Waals surface area contributed by atoms with E-state index in [2.05, 4.69) is 0 Å². The molecule has 0 spiro atoms. The average molecular weight is 299 g/mol. The molecule has 1 aliphatic heterocycles. The zero-order valence-electron chi connectivity index (χ0n) is 11.9. The summed E-state index contributed by atoms with van der Waals surface area (Å²) < 4.78 is 5.55. The smallest absolute Gasteiger partial charge is 0.222 e. The summed E-state index contributed by atoms with van der Waals surface area (Å²) in [5.74, 6) is 0.195. The Morgan fingerprint density at radius 2 is 2.20 bits per heavy atom. The van der Waals surface area contributed by atoms with Crippen LogP contribution in [0.4, 0.5) is 5.69 Å². The van der Waals surface area contributed by atoms with Gasteiger partial charge in [0.05, 0.1) is 6.10 Å². The van der Waals surface area contributed by atoms with Gasteiger partial charge in [0.25, 0.3) is 0 Å². The van der Waals surface area contributed by atoms with Crippen LogP contribution >= 0.6 is 12.4 Å². The van der Waals surface area contributed by atoms with E-state index in [-0.39, 0.29) is 24.4 Å². The number of carbonyl (C=O) groups is 1. The van der Waals surface area contributed by atoms with Crippen LogP contribution in [0.5, 0.6) is 0 Å².